The van der Waals surface area contributed by atoms with Crippen molar-refractivity contribution in [3.63, 3.8) is 0 Å². The predicted molar refractivity (Wildman–Crippen MR) is 156 cm³/mol. The van der Waals surface area contributed by atoms with Gasteiger partial charge in [0, 0.05) is 6.42 Å². The zero-order valence-corrected chi connectivity index (χ0v) is 26.0. The molecule has 0 saturated heterocycles. The molecule has 0 saturated carbocycles. The zero-order valence-electron chi connectivity index (χ0n) is 24.5. The number of hydrogen-bond donors (Lipinski definition) is 0. The molecule has 0 radical (unpaired) electrons. The summed E-state index contributed by atoms with van der Waals surface area (Å²) >= 11 is 12.4. The van der Waals surface area contributed by atoms with E-state index < -0.39 is 29.0 Å². The van der Waals surface area contributed by atoms with Crippen molar-refractivity contribution in [2.24, 2.45) is 0 Å². The van der Waals surface area contributed by atoms with Gasteiger partial charge in [-0.15, -0.1) is 33.0 Å². The summed E-state index contributed by atoms with van der Waals surface area (Å²) in [6.45, 7) is 6.50. The molecule has 0 aliphatic rings. The van der Waals surface area contributed by atoms with Gasteiger partial charge in [-0.2, -0.15) is 0 Å². The van der Waals surface area contributed by atoms with E-state index >= 15 is 0 Å². The Kier molecular flexibility index (Phi) is 27.6. The Balaban J connectivity index is 4.19. The first kappa shape index (κ1) is 37.4. The first-order valence-corrected chi connectivity index (χ1v) is 16.4. The van der Waals surface area contributed by atoms with Crippen LogP contribution in [0.2, 0.25) is 0 Å². The minimum atomic E-state index is -1.02. The van der Waals surface area contributed by atoms with Gasteiger partial charge < -0.3 is 0 Å². The lowest BCUT2D eigenvalue weighted by molar-refractivity contribution is -0.430. The van der Waals surface area contributed by atoms with Gasteiger partial charge in [0.15, 0.2) is 0 Å². The number of carbonyl (C=O) groups is 2. The monoisotopic (exact) mass is 582 g/mol. The molecule has 0 aliphatic heterocycles. The van der Waals surface area contributed by atoms with Crippen molar-refractivity contribution in [1.82, 2.24) is 0 Å². The first-order valence-electron chi connectivity index (χ1n) is 15.5. The van der Waals surface area contributed by atoms with E-state index in [1.807, 2.05) is 0 Å². The highest BCUT2D eigenvalue weighted by Gasteiger charge is 2.24. The Morgan fingerprint density at radius 2 is 0.763 bits per heavy atom. The Bertz CT molecular complexity index is 507. The minimum Gasteiger partial charge on any atom is -0.294 e. The molecule has 0 spiro atoms. The van der Waals surface area contributed by atoms with Crippen LogP contribution in [0.25, 0.3) is 0 Å². The number of hydrogen-bond acceptors (Lipinski definition) is 6. The Labute approximate surface area is 243 Å². The molecule has 2 atom stereocenters. The summed E-state index contributed by atoms with van der Waals surface area (Å²) in [6, 6.07) is 0. The van der Waals surface area contributed by atoms with Crippen LogP contribution in [0, 0.1) is 0 Å². The van der Waals surface area contributed by atoms with Gasteiger partial charge in [0.2, 0.25) is 6.29 Å². The molecule has 0 rings (SSSR count). The molecule has 0 aromatic rings. The van der Waals surface area contributed by atoms with E-state index in [1.165, 1.54) is 64.2 Å². The van der Waals surface area contributed by atoms with Crippen molar-refractivity contribution in [2.45, 2.75) is 179 Å². The third-order valence-corrected chi connectivity index (χ3v) is 7.45. The predicted octanol–water partition coefficient (Wildman–Crippen LogP) is 10.1. The second kappa shape index (κ2) is 28.0. The van der Waals surface area contributed by atoms with Crippen molar-refractivity contribution < 1.29 is 29.1 Å². The summed E-state index contributed by atoms with van der Waals surface area (Å²) in [7, 11) is 0. The summed E-state index contributed by atoms with van der Waals surface area (Å²) in [4.78, 5) is 44.6. The van der Waals surface area contributed by atoms with Crippen LogP contribution >= 0.6 is 23.2 Å². The summed E-state index contributed by atoms with van der Waals surface area (Å²) in [6.07, 6.45) is 21.9. The van der Waals surface area contributed by atoms with Gasteiger partial charge in [-0.25, -0.2) is 9.59 Å². The van der Waals surface area contributed by atoms with Crippen molar-refractivity contribution >= 4 is 35.1 Å². The van der Waals surface area contributed by atoms with Crippen molar-refractivity contribution in [2.75, 3.05) is 0 Å². The molecular weight excluding hydrogens is 527 g/mol. The largest absolute Gasteiger partial charge is 0.360 e. The van der Waals surface area contributed by atoms with Crippen LogP contribution in [-0.4, -0.2) is 29.0 Å². The Morgan fingerprint density at radius 1 is 0.474 bits per heavy atom. The fourth-order valence-electron chi connectivity index (χ4n) is 4.13. The standard InChI is InChI=1S/C30H56Cl2O6/c1-4-7-10-12-14-16-18-21-23-26(31)29(33)37-35-28(25-20-9-6-3)36-38-30(34)27(32)24-22-19-17-15-13-11-8-5-2/h26-28H,4-25H2,1-3H3. The molecule has 0 amide bonds. The number of unbranched alkanes of at least 4 members (excludes halogenated alkanes) is 16. The second-order valence-electron chi connectivity index (χ2n) is 10.4. The van der Waals surface area contributed by atoms with Crippen LogP contribution in [0.1, 0.15) is 162 Å². The van der Waals surface area contributed by atoms with Gasteiger partial charge in [-0.1, -0.05) is 136 Å². The number of alkyl halides is 2. The molecule has 38 heavy (non-hydrogen) atoms. The van der Waals surface area contributed by atoms with Crippen LogP contribution < -0.4 is 0 Å². The molecule has 0 N–H and O–H groups in total. The smallest absolute Gasteiger partial charge is 0.294 e. The molecule has 0 aliphatic carbocycles. The van der Waals surface area contributed by atoms with Crippen LogP contribution in [0.5, 0.6) is 0 Å². The number of halogens is 2. The third-order valence-electron chi connectivity index (χ3n) is 6.65. The van der Waals surface area contributed by atoms with Gasteiger partial charge in [0.1, 0.15) is 10.8 Å². The molecule has 0 bridgehead atoms. The van der Waals surface area contributed by atoms with Crippen molar-refractivity contribution in [3.8, 4) is 0 Å². The van der Waals surface area contributed by atoms with E-state index in [4.69, 9.17) is 42.8 Å². The molecular formula is C30H56Cl2O6. The van der Waals surface area contributed by atoms with Gasteiger partial charge in [-0.3, -0.25) is 9.78 Å². The normalized spacial score (nSPS) is 13.7. The highest BCUT2D eigenvalue weighted by molar-refractivity contribution is 6.30. The fourth-order valence-corrected chi connectivity index (χ4v) is 4.51. The molecule has 8 heteroatoms. The quantitative estimate of drug-likeness (QED) is 0.0300. The third kappa shape index (κ3) is 23.3. The van der Waals surface area contributed by atoms with Gasteiger partial charge in [0.05, 0.1) is 0 Å². The van der Waals surface area contributed by atoms with E-state index in [1.54, 1.807) is 0 Å². The maximum atomic E-state index is 12.2. The lowest BCUT2D eigenvalue weighted by atomic mass is 10.1. The number of carbonyl (C=O) groups excluding carboxylic acids is 2. The lowest BCUT2D eigenvalue weighted by Gasteiger charge is -2.17. The van der Waals surface area contributed by atoms with E-state index in [9.17, 15) is 9.59 Å². The summed E-state index contributed by atoms with van der Waals surface area (Å²) in [5, 5.41) is -1.57. The van der Waals surface area contributed by atoms with E-state index in [-0.39, 0.29) is 0 Å². The molecule has 226 valence electrons. The average Bonchev–Trinajstić information content (AvgIpc) is 2.92. The maximum Gasteiger partial charge on any atom is 0.360 e. The Hall–Kier alpha value is -0.560. The van der Waals surface area contributed by atoms with Gasteiger partial charge in [0.25, 0.3) is 0 Å². The van der Waals surface area contributed by atoms with Crippen LogP contribution in [0.3, 0.4) is 0 Å². The van der Waals surface area contributed by atoms with Crippen molar-refractivity contribution in [3.05, 3.63) is 0 Å². The summed E-state index contributed by atoms with van der Waals surface area (Å²) < 4.78 is 0. The second-order valence-corrected chi connectivity index (χ2v) is 11.4. The Morgan fingerprint density at radius 3 is 1.13 bits per heavy atom. The van der Waals surface area contributed by atoms with E-state index in [0.29, 0.717) is 19.3 Å². The van der Waals surface area contributed by atoms with E-state index in [2.05, 4.69) is 20.8 Å². The van der Waals surface area contributed by atoms with Crippen molar-refractivity contribution in [1.29, 1.82) is 0 Å². The van der Waals surface area contributed by atoms with Crippen LogP contribution in [0.15, 0.2) is 0 Å². The molecule has 0 fully saturated rings. The van der Waals surface area contributed by atoms with E-state index in [0.717, 1.165) is 57.8 Å². The molecule has 0 aromatic heterocycles. The fraction of sp³-hybridized carbons (Fsp3) is 0.933. The molecule has 2 unspecified atom stereocenters. The number of rotatable bonds is 28. The zero-order chi connectivity index (χ0) is 28.3. The molecule has 6 nitrogen and oxygen atoms in total. The molecule has 0 heterocycles. The highest BCUT2D eigenvalue weighted by Crippen LogP contribution is 2.18. The van der Waals surface area contributed by atoms with Gasteiger partial charge >= 0.3 is 11.9 Å². The topological polar surface area (TPSA) is 71.1 Å². The van der Waals surface area contributed by atoms with Crippen LogP contribution in [-0.2, 0) is 29.1 Å². The SMILES string of the molecule is CCCCCCCCCCC(Cl)C(=O)OOC(CCCCC)OOC(=O)C(Cl)CCCCCCCCCC. The minimum absolute atomic E-state index is 0.407. The summed E-state index contributed by atoms with van der Waals surface area (Å²) in [5.41, 5.74) is 0. The maximum absolute atomic E-state index is 12.2. The lowest BCUT2D eigenvalue weighted by Crippen LogP contribution is -2.27. The summed E-state index contributed by atoms with van der Waals surface area (Å²) in [5.74, 6) is -1.31. The first-order chi connectivity index (χ1) is 18.5. The van der Waals surface area contributed by atoms with Gasteiger partial charge in [-0.05, 0) is 19.3 Å². The molecule has 0 aromatic carbocycles. The van der Waals surface area contributed by atoms with Crippen LogP contribution in [0.4, 0.5) is 0 Å². The highest BCUT2D eigenvalue weighted by atomic mass is 35.5. The average molecular weight is 584 g/mol.